The minimum atomic E-state index is -5.17. The molecule has 1 N–H and O–H groups in total. The van der Waals surface area contributed by atoms with Crippen LogP contribution < -0.4 is 0 Å². The molecule has 0 spiro atoms. The predicted molar refractivity (Wildman–Crippen MR) is 137 cm³/mol. The molecule has 1 saturated heterocycles. The third-order valence-corrected chi connectivity index (χ3v) is 11.9. The van der Waals surface area contributed by atoms with Gasteiger partial charge in [-0.25, -0.2) is 17.2 Å². The molecule has 40 heavy (non-hydrogen) atoms. The molecule has 0 bridgehead atoms. The maximum atomic E-state index is 14.9. The lowest BCUT2D eigenvalue weighted by Gasteiger charge is -2.43. The molecule has 5 rings (SSSR count). The van der Waals surface area contributed by atoms with Crippen LogP contribution in [0.15, 0.2) is 47.4 Å². The molecule has 2 fully saturated rings. The molecule has 1 saturated carbocycles. The maximum absolute atomic E-state index is 14.9. The number of halogens is 5. The minimum absolute atomic E-state index is 0.0395. The van der Waals surface area contributed by atoms with Gasteiger partial charge in [-0.15, -0.1) is 0 Å². The van der Waals surface area contributed by atoms with Crippen LogP contribution in [0, 0.1) is 17.7 Å². The van der Waals surface area contributed by atoms with Crippen LogP contribution >= 0.6 is 0 Å². The molecule has 0 aromatic heterocycles. The number of fused-ring (bicyclic) bond motifs is 3. The van der Waals surface area contributed by atoms with Gasteiger partial charge in [0.2, 0.25) is 11.6 Å². The van der Waals surface area contributed by atoms with E-state index in [1.54, 1.807) is 11.8 Å². The van der Waals surface area contributed by atoms with Gasteiger partial charge in [0, 0.05) is 19.0 Å². The van der Waals surface area contributed by atoms with E-state index in [2.05, 4.69) is 0 Å². The van der Waals surface area contributed by atoms with Crippen molar-refractivity contribution in [3.8, 4) is 0 Å². The number of benzene rings is 2. The molecule has 3 aliphatic rings. The standard InChI is InChI=1S/C29H32F5NO4S/c1-26(37)13-15-35(16-14-26)25(36)22-11-12-28(40(38,39)21-7-5-20(30)6-8-21)23-10-4-19(27(2,31)29(32,33)34)17-18(23)3-9-24(22)28/h4-8,10,17,22,24,37H,3,9,11-16H2,1-2H3/t22-,24+,27?,28-/m0/s1. The zero-order chi connectivity index (χ0) is 29.3. The number of likely N-dealkylation sites (tertiary alicyclic amines) is 1. The first kappa shape index (κ1) is 29.0. The number of aryl methyl sites for hydroxylation is 1. The lowest BCUT2D eigenvalue weighted by atomic mass is 9.72. The van der Waals surface area contributed by atoms with Crippen molar-refractivity contribution in [2.45, 2.75) is 79.5 Å². The number of sulfone groups is 1. The number of carbonyl (C=O) groups is 1. The molecular weight excluding hydrogens is 553 g/mol. The molecule has 1 unspecified atom stereocenters. The quantitative estimate of drug-likeness (QED) is 0.375. The van der Waals surface area contributed by atoms with E-state index < -0.39 is 55.2 Å². The van der Waals surface area contributed by atoms with Crippen LogP contribution in [0.3, 0.4) is 0 Å². The summed E-state index contributed by atoms with van der Waals surface area (Å²) in [6, 6.07) is 7.72. The largest absolute Gasteiger partial charge is 0.426 e. The van der Waals surface area contributed by atoms with E-state index in [1.807, 2.05) is 0 Å². The van der Waals surface area contributed by atoms with E-state index in [0.717, 1.165) is 36.4 Å². The Kier molecular flexibility index (Phi) is 6.89. The van der Waals surface area contributed by atoms with Gasteiger partial charge in [0.1, 0.15) is 10.6 Å². The zero-order valence-electron chi connectivity index (χ0n) is 22.3. The summed E-state index contributed by atoms with van der Waals surface area (Å²) in [4.78, 5) is 15.3. The first-order valence-electron chi connectivity index (χ1n) is 13.4. The number of aliphatic hydroxyl groups is 1. The Bertz CT molecular complexity index is 1410. The van der Waals surface area contributed by atoms with Crippen molar-refractivity contribution in [1.29, 1.82) is 0 Å². The van der Waals surface area contributed by atoms with Crippen molar-refractivity contribution < 1.29 is 40.3 Å². The summed E-state index contributed by atoms with van der Waals surface area (Å²) in [5.41, 5.74) is -4.56. The van der Waals surface area contributed by atoms with Crippen LogP contribution in [-0.2, 0) is 31.5 Å². The molecule has 0 radical (unpaired) electrons. The van der Waals surface area contributed by atoms with Crippen LogP contribution in [0.2, 0.25) is 0 Å². The van der Waals surface area contributed by atoms with Gasteiger partial charge in [-0.05, 0) is 99.2 Å². The number of nitrogens with zero attached hydrogens (tertiary/aromatic N) is 1. The fourth-order valence-corrected chi connectivity index (χ4v) is 9.34. The number of hydrogen-bond acceptors (Lipinski definition) is 4. The van der Waals surface area contributed by atoms with Crippen molar-refractivity contribution in [3.63, 3.8) is 0 Å². The first-order valence-corrected chi connectivity index (χ1v) is 14.9. The summed E-state index contributed by atoms with van der Waals surface area (Å²) < 4.78 is 96.2. The summed E-state index contributed by atoms with van der Waals surface area (Å²) in [5, 5.41) is 10.3. The lowest BCUT2D eigenvalue weighted by molar-refractivity contribution is -0.228. The molecule has 5 nitrogen and oxygen atoms in total. The summed E-state index contributed by atoms with van der Waals surface area (Å²) in [7, 11) is -4.28. The zero-order valence-corrected chi connectivity index (χ0v) is 23.1. The number of rotatable bonds is 4. The first-order chi connectivity index (χ1) is 18.5. The summed E-state index contributed by atoms with van der Waals surface area (Å²) in [6.45, 7) is 2.81. The Balaban J connectivity index is 1.61. The fraction of sp³-hybridized carbons (Fsp3) is 0.552. The van der Waals surface area contributed by atoms with Gasteiger partial charge in [-0.3, -0.25) is 4.79 Å². The normalized spacial score (nSPS) is 27.9. The van der Waals surface area contributed by atoms with Crippen LogP contribution in [0.5, 0.6) is 0 Å². The SMILES string of the molecule is CC1(O)CCN(C(=O)[C@H]2CC[C@]3(S(=O)(=O)c4ccc(F)cc4)c4ccc(C(C)(F)C(F)(F)F)cc4CC[C@H]23)CC1. The van der Waals surface area contributed by atoms with E-state index >= 15 is 0 Å². The van der Waals surface area contributed by atoms with Gasteiger partial charge < -0.3 is 10.0 Å². The average Bonchev–Trinajstić information content (AvgIpc) is 3.29. The number of piperidine rings is 1. The summed E-state index contributed by atoms with van der Waals surface area (Å²) >= 11 is 0. The Morgan fingerprint density at radius 2 is 1.62 bits per heavy atom. The number of carbonyl (C=O) groups excluding carboxylic acids is 1. The van der Waals surface area contributed by atoms with Crippen LogP contribution in [0.4, 0.5) is 22.0 Å². The van der Waals surface area contributed by atoms with Gasteiger partial charge in [0.15, 0.2) is 9.84 Å². The molecule has 11 heteroatoms. The fourth-order valence-electron chi connectivity index (χ4n) is 6.87. The van der Waals surface area contributed by atoms with E-state index in [-0.39, 0.29) is 42.0 Å². The average molecular weight is 586 g/mol. The van der Waals surface area contributed by atoms with Crippen LogP contribution in [0.1, 0.15) is 62.6 Å². The van der Waals surface area contributed by atoms with Gasteiger partial charge in [-0.2, -0.15) is 13.2 Å². The van der Waals surface area contributed by atoms with Crippen molar-refractivity contribution >= 4 is 15.7 Å². The van der Waals surface area contributed by atoms with Gasteiger partial charge in [0.05, 0.1) is 10.5 Å². The maximum Gasteiger partial charge on any atom is 0.426 e. The van der Waals surface area contributed by atoms with Crippen molar-refractivity contribution in [2.75, 3.05) is 13.1 Å². The van der Waals surface area contributed by atoms with E-state index in [4.69, 9.17) is 0 Å². The minimum Gasteiger partial charge on any atom is -0.390 e. The second-order valence-corrected chi connectivity index (χ2v) is 14.0. The smallest absolute Gasteiger partial charge is 0.390 e. The van der Waals surface area contributed by atoms with Gasteiger partial charge >= 0.3 is 6.18 Å². The van der Waals surface area contributed by atoms with Crippen LogP contribution in [0.25, 0.3) is 0 Å². The van der Waals surface area contributed by atoms with E-state index in [0.29, 0.717) is 38.4 Å². The third-order valence-electron chi connectivity index (χ3n) is 9.34. The second-order valence-electron chi connectivity index (χ2n) is 11.8. The Labute approximate surface area is 230 Å². The van der Waals surface area contributed by atoms with Gasteiger partial charge in [0.25, 0.3) is 0 Å². The topological polar surface area (TPSA) is 74.7 Å². The number of amides is 1. The number of hydrogen-bond donors (Lipinski definition) is 1. The Morgan fingerprint density at radius 1 is 1.00 bits per heavy atom. The number of alkyl halides is 4. The van der Waals surface area contributed by atoms with Crippen molar-refractivity contribution in [1.82, 2.24) is 4.90 Å². The van der Waals surface area contributed by atoms with Crippen LogP contribution in [-0.4, -0.2) is 49.2 Å². The monoisotopic (exact) mass is 585 g/mol. The summed E-state index contributed by atoms with van der Waals surface area (Å²) in [6.07, 6.45) is -3.72. The van der Waals surface area contributed by atoms with Crippen molar-refractivity contribution in [3.05, 3.63) is 65.0 Å². The highest BCUT2D eigenvalue weighted by Crippen LogP contribution is 2.60. The molecule has 4 atom stereocenters. The molecule has 2 aromatic rings. The highest BCUT2D eigenvalue weighted by atomic mass is 32.2. The highest BCUT2D eigenvalue weighted by molar-refractivity contribution is 7.92. The molecule has 1 heterocycles. The predicted octanol–water partition coefficient (Wildman–Crippen LogP) is 5.59. The molecule has 2 aromatic carbocycles. The third kappa shape index (κ3) is 4.44. The Morgan fingerprint density at radius 3 is 2.23 bits per heavy atom. The second kappa shape index (κ2) is 9.51. The molecule has 1 amide bonds. The highest BCUT2D eigenvalue weighted by Gasteiger charge is 2.62. The summed E-state index contributed by atoms with van der Waals surface area (Å²) in [5.74, 6) is -2.18. The van der Waals surface area contributed by atoms with Gasteiger partial charge in [-0.1, -0.05) is 18.2 Å². The van der Waals surface area contributed by atoms with E-state index in [9.17, 15) is 40.3 Å². The van der Waals surface area contributed by atoms with E-state index in [1.165, 1.54) is 6.07 Å². The molecular formula is C29H32F5NO4S. The van der Waals surface area contributed by atoms with Crippen molar-refractivity contribution in [2.24, 2.45) is 11.8 Å². The molecule has 2 aliphatic carbocycles. The Hall–Kier alpha value is -2.53. The lowest BCUT2D eigenvalue weighted by Crippen LogP contribution is -2.50. The molecule has 218 valence electrons. The molecule has 1 aliphatic heterocycles.